The summed E-state index contributed by atoms with van der Waals surface area (Å²) in [4.78, 5) is 0. The minimum Gasteiger partial charge on any atom is -0.384 e. The van der Waals surface area contributed by atoms with Gasteiger partial charge in [-0.1, -0.05) is 49.7 Å². The van der Waals surface area contributed by atoms with E-state index in [9.17, 15) is 13.9 Å². The zero-order chi connectivity index (χ0) is 15.6. The van der Waals surface area contributed by atoms with Crippen molar-refractivity contribution in [1.29, 1.82) is 0 Å². The number of rotatable bonds is 4. The number of hydrogen-bond donors (Lipinski definition) is 1. The molecule has 112 valence electrons. The largest absolute Gasteiger partial charge is 0.384 e. The summed E-state index contributed by atoms with van der Waals surface area (Å²) in [7, 11) is 0. The fourth-order valence-corrected chi connectivity index (χ4v) is 2.32. The highest BCUT2D eigenvalue weighted by Gasteiger charge is 2.18. The van der Waals surface area contributed by atoms with Crippen LogP contribution in [0.25, 0.3) is 0 Å². The van der Waals surface area contributed by atoms with Gasteiger partial charge in [0.05, 0.1) is 5.02 Å². The van der Waals surface area contributed by atoms with Gasteiger partial charge in [0.15, 0.2) is 0 Å². The maximum Gasteiger partial charge on any atom is 0.142 e. The van der Waals surface area contributed by atoms with Crippen LogP contribution in [0.15, 0.2) is 36.4 Å². The van der Waals surface area contributed by atoms with Crippen molar-refractivity contribution in [2.45, 2.75) is 32.3 Å². The highest BCUT2D eigenvalue weighted by atomic mass is 35.5. The maximum atomic E-state index is 13.8. The topological polar surface area (TPSA) is 20.2 Å². The fraction of sp³-hybridized carbons (Fsp3) is 0.294. The van der Waals surface area contributed by atoms with E-state index in [0.29, 0.717) is 11.5 Å². The molecule has 0 aromatic heterocycles. The lowest BCUT2D eigenvalue weighted by molar-refractivity contribution is 0.214. The van der Waals surface area contributed by atoms with Crippen LogP contribution in [-0.4, -0.2) is 5.11 Å². The summed E-state index contributed by atoms with van der Waals surface area (Å²) in [6.07, 6.45) is -0.207. The van der Waals surface area contributed by atoms with Gasteiger partial charge in [-0.05, 0) is 35.6 Å². The molecule has 1 N–H and O–H groups in total. The lowest BCUT2D eigenvalue weighted by atomic mass is 9.95. The molecule has 0 spiro atoms. The van der Waals surface area contributed by atoms with Crippen molar-refractivity contribution in [3.63, 3.8) is 0 Å². The van der Waals surface area contributed by atoms with Gasteiger partial charge in [0, 0.05) is 5.56 Å². The molecule has 4 heteroatoms. The van der Waals surface area contributed by atoms with Crippen LogP contribution in [0.1, 0.15) is 49.0 Å². The third-order valence-electron chi connectivity index (χ3n) is 3.77. The molecular weight excluding hydrogens is 294 g/mol. The molecule has 2 unspecified atom stereocenters. The molecule has 1 nitrogen and oxygen atoms in total. The van der Waals surface area contributed by atoms with Gasteiger partial charge in [-0.25, -0.2) is 8.78 Å². The summed E-state index contributed by atoms with van der Waals surface area (Å²) in [5, 5.41) is 9.93. The van der Waals surface area contributed by atoms with E-state index in [1.54, 1.807) is 12.1 Å². The monoisotopic (exact) mass is 310 g/mol. The molecule has 0 heterocycles. The van der Waals surface area contributed by atoms with Crippen LogP contribution in [-0.2, 0) is 0 Å². The van der Waals surface area contributed by atoms with Crippen molar-refractivity contribution < 1.29 is 13.9 Å². The number of halogens is 3. The van der Waals surface area contributed by atoms with E-state index in [0.717, 1.165) is 24.1 Å². The highest BCUT2D eigenvalue weighted by molar-refractivity contribution is 6.30. The molecule has 0 radical (unpaired) electrons. The molecule has 0 aliphatic heterocycles. The Bertz CT molecular complexity index is 625. The summed E-state index contributed by atoms with van der Waals surface area (Å²) in [6, 6.07) is 9.08. The number of hydrogen-bond acceptors (Lipinski definition) is 1. The Morgan fingerprint density at radius 2 is 1.62 bits per heavy atom. The van der Waals surface area contributed by atoms with Crippen LogP contribution in [0.3, 0.4) is 0 Å². The van der Waals surface area contributed by atoms with E-state index in [4.69, 9.17) is 11.6 Å². The normalized spacial score (nSPS) is 14.0. The van der Waals surface area contributed by atoms with E-state index >= 15 is 0 Å². The quantitative estimate of drug-likeness (QED) is 0.768. The van der Waals surface area contributed by atoms with E-state index in [1.165, 1.54) is 0 Å². The molecule has 0 saturated carbocycles. The minimum atomic E-state index is -1.22. The maximum absolute atomic E-state index is 13.8. The summed E-state index contributed by atoms with van der Waals surface area (Å²) in [6.45, 7) is 4.21. The van der Waals surface area contributed by atoms with Gasteiger partial charge in [-0.2, -0.15) is 0 Å². The predicted octanol–water partition coefficient (Wildman–Crippen LogP) is 5.21. The first kappa shape index (κ1) is 15.9. The molecule has 2 aromatic rings. The molecule has 0 bridgehead atoms. The Morgan fingerprint density at radius 3 is 2.19 bits per heavy atom. The summed E-state index contributed by atoms with van der Waals surface area (Å²) in [5.41, 5.74) is 1.55. The van der Waals surface area contributed by atoms with Crippen molar-refractivity contribution in [3.8, 4) is 0 Å². The molecule has 0 aliphatic carbocycles. The third kappa shape index (κ3) is 3.42. The van der Waals surface area contributed by atoms with Gasteiger partial charge in [0.1, 0.15) is 17.7 Å². The lowest BCUT2D eigenvalue weighted by Gasteiger charge is -2.15. The lowest BCUT2D eigenvalue weighted by Crippen LogP contribution is -2.04. The average molecular weight is 311 g/mol. The van der Waals surface area contributed by atoms with E-state index < -0.39 is 17.7 Å². The van der Waals surface area contributed by atoms with Crippen molar-refractivity contribution in [2.24, 2.45) is 0 Å². The molecule has 0 aliphatic rings. The molecular formula is C17H17ClF2O. The van der Waals surface area contributed by atoms with Gasteiger partial charge in [0.2, 0.25) is 0 Å². The predicted molar refractivity (Wildman–Crippen MR) is 80.6 cm³/mol. The first-order chi connectivity index (χ1) is 9.93. The fourth-order valence-electron chi connectivity index (χ4n) is 2.17. The van der Waals surface area contributed by atoms with Gasteiger partial charge in [-0.15, -0.1) is 0 Å². The van der Waals surface area contributed by atoms with Crippen LogP contribution in [0.5, 0.6) is 0 Å². The number of aliphatic hydroxyl groups excluding tert-OH is 1. The Kier molecular flexibility index (Phi) is 4.96. The van der Waals surface area contributed by atoms with Gasteiger partial charge < -0.3 is 5.11 Å². The van der Waals surface area contributed by atoms with Crippen molar-refractivity contribution in [2.75, 3.05) is 0 Å². The van der Waals surface area contributed by atoms with Crippen LogP contribution in [0.2, 0.25) is 5.02 Å². The van der Waals surface area contributed by atoms with Crippen LogP contribution < -0.4 is 0 Å². The van der Waals surface area contributed by atoms with Crippen LogP contribution in [0.4, 0.5) is 8.78 Å². The smallest absolute Gasteiger partial charge is 0.142 e. The average Bonchev–Trinajstić information content (AvgIpc) is 2.49. The minimum absolute atomic E-state index is 0.117. The highest BCUT2D eigenvalue weighted by Crippen LogP contribution is 2.29. The van der Waals surface area contributed by atoms with Gasteiger partial charge in [0.25, 0.3) is 0 Å². The third-order valence-corrected chi connectivity index (χ3v) is 4.06. The second-order valence-corrected chi connectivity index (χ2v) is 5.57. The van der Waals surface area contributed by atoms with E-state index in [-0.39, 0.29) is 10.6 Å². The molecule has 0 fully saturated rings. The first-order valence-electron chi connectivity index (χ1n) is 6.86. The zero-order valence-electron chi connectivity index (χ0n) is 11.9. The molecule has 2 rings (SSSR count). The summed E-state index contributed by atoms with van der Waals surface area (Å²) < 4.78 is 27.3. The summed E-state index contributed by atoms with van der Waals surface area (Å²) >= 11 is 5.51. The molecule has 0 amide bonds. The first-order valence-corrected chi connectivity index (χ1v) is 7.24. The SMILES string of the molecule is CCC(C)c1ccc(C(O)c2cc(F)c(Cl)cc2F)cc1. The zero-order valence-corrected chi connectivity index (χ0v) is 12.7. The second kappa shape index (κ2) is 6.54. The van der Waals surface area contributed by atoms with Gasteiger partial charge >= 0.3 is 0 Å². The molecule has 21 heavy (non-hydrogen) atoms. The van der Waals surface area contributed by atoms with Crippen LogP contribution >= 0.6 is 11.6 Å². The standard InChI is InChI=1S/C17H17ClF2O/c1-3-10(2)11-4-6-12(7-5-11)17(21)13-8-16(20)14(18)9-15(13)19/h4-10,17,21H,3H2,1-2H3. The second-order valence-electron chi connectivity index (χ2n) is 5.17. The van der Waals surface area contributed by atoms with E-state index in [1.807, 2.05) is 12.1 Å². The molecule has 2 atom stereocenters. The van der Waals surface area contributed by atoms with Crippen LogP contribution in [0, 0.1) is 11.6 Å². The Morgan fingerprint density at radius 1 is 1.05 bits per heavy atom. The number of aliphatic hydroxyl groups is 1. The Balaban J connectivity index is 2.32. The number of benzene rings is 2. The Hall–Kier alpha value is -1.45. The van der Waals surface area contributed by atoms with Crippen molar-refractivity contribution >= 4 is 11.6 Å². The molecule has 2 aromatic carbocycles. The van der Waals surface area contributed by atoms with Crippen molar-refractivity contribution in [3.05, 3.63) is 69.7 Å². The van der Waals surface area contributed by atoms with Crippen molar-refractivity contribution in [1.82, 2.24) is 0 Å². The Labute approximate surface area is 128 Å². The molecule has 0 saturated heterocycles. The summed E-state index contributed by atoms with van der Waals surface area (Å²) in [5.74, 6) is -1.05. The van der Waals surface area contributed by atoms with E-state index in [2.05, 4.69) is 13.8 Å². The van der Waals surface area contributed by atoms with Gasteiger partial charge in [-0.3, -0.25) is 0 Å².